The highest BCUT2D eigenvalue weighted by Gasteiger charge is 2.35. The van der Waals surface area contributed by atoms with Crippen LogP contribution in [0.2, 0.25) is 0 Å². The predicted octanol–water partition coefficient (Wildman–Crippen LogP) is 8.05. The molecule has 0 atom stereocenters. The van der Waals surface area contributed by atoms with Crippen LogP contribution in [0.25, 0.3) is 20.5 Å². The molecule has 44 heavy (non-hydrogen) atoms. The molecule has 0 radical (unpaired) electrons. The first-order valence-corrected chi connectivity index (χ1v) is 16.3. The highest BCUT2D eigenvalue weighted by Crippen LogP contribution is 2.41. The van der Waals surface area contributed by atoms with Gasteiger partial charge in [-0.25, -0.2) is 0 Å². The fourth-order valence-electron chi connectivity index (χ4n) is 6.47. The smallest absolute Gasteiger partial charge is 0.261 e. The molecule has 1 aromatic heterocycles. The fraction of sp³-hybridized carbons (Fsp3) is 0.263. The SMILES string of the molecule is Cc1ccc2c(Cc3ccc(CN4C(=O)c5ccccc5C4=O)c(C)c3)c(-c3ccc(OCCN4CCCC4)cc3)sc2c1. The number of rotatable bonds is 9. The topological polar surface area (TPSA) is 49.9 Å². The number of thiophene rings is 1. The molecule has 0 N–H and O–H groups in total. The van der Waals surface area contributed by atoms with E-state index in [1.54, 1.807) is 24.3 Å². The molecule has 1 saturated heterocycles. The van der Waals surface area contributed by atoms with Crippen molar-refractivity contribution >= 4 is 33.2 Å². The van der Waals surface area contributed by atoms with E-state index < -0.39 is 0 Å². The number of carbonyl (C=O) groups is 2. The number of hydrogen-bond acceptors (Lipinski definition) is 5. The standard InChI is InChI=1S/C38H36N2O3S/c1-25-9-16-31-34(36(44-35(31)21-25)28-12-14-30(15-13-28)43-20-19-39-17-5-6-18-39)23-27-10-11-29(26(2)22-27)24-40-37(41)32-7-3-4-8-33(32)38(40)42/h3-4,7-16,21-22H,5-6,17-20,23-24H2,1-2H3. The van der Waals surface area contributed by atoms with Crippen LogP contribution in [0.3, 0.4) is 0 Å². The van der Waals surface area contributed by atoms with Gasteiger partial charge in [-0.15, -0.1) is 11.3 Å². The zero-order valence-electron chi connectivity index (χ0n) is 25.3. The summed E-state index contributed by atoms with van der Waals surface area (Å²) < 4.78 is 7.37. The monoisotopic (exact) mass is 600 g/mol. The van der Waals surface area contributed by atoms with Crippen LogP contribution in [0.15, 0.2) is 84.9 Å². The Morgan fingerprint density at radius 3 is 2.25 bits per heavy atom. The third kappa shape index (κ3) is 5.56. The second-order valence-corrected chi connectivity index (χ2v) is 13.1. The maximum atomic E-state index is 12.9. The lowest BCUT2D eigenvalue weighted by Gasteiger charge is -2.16. The van der Waals surface area contributed by atoms with Crippen LogP contribution in [0, 0.1) is 13.8 Å². The van der Waals surface area contributed by atoms with Crippen LogP contribution in [0.1, 0.15) is 61.4 Å². The van der Waals surface area contributed by atoms with Crippen molar-refractivity contribution in [1.29, 1.82) is 0 Å². The molecule has 222 valence electrons. The minimum absolute atomic E-state index is 0.221. The van der Waals surface area contributed by atoms with Crippen LogP contribution in [0.5, 0.6) is 5.75 Å². The molecule has 2 aliphatic heterocycles. The number of ether oxygens (including phenoxy) is 1. The Kier molecular flexibility index (Phi) is 7.79. The van der Waals surface area contributed by atoms with E-state index in [1.165, 1.54) is 68.0 Å². The van der Waals surface area contributed by atoms with Crippen molar-refractivity contribution in [3.63, 3.8) is 0 Å². The summed E-state index contributed by atoms with van der Waals surface area (Å²) in [6, 6.07) is 28.7. The van der Waals surface area contributed by atoms with E-state index in [0.29, 0.717) is 11.1 Å². The normalized spacial score (nSPS) is 15.0. The number of likely N-dealkylation sites (tertiary alicyclic amines) is 1. The molecule has 0 saturated carbocycles. The summed E-state index contributed by atoms with van der Waals surface area (Å²) in [5.41, 5.74) is 8.01. The van der Waals surface area contributed by atoms with Crippen molar-refractivity contribution in [3.8, 4) is 16.2 Å². The number of fused-ring (bicyclic) bond motifs is 2. The summed E-state index contributed by atoms with van der Waals surface area (Å²) in [6.45, 7) is 8.55. The Morgan fingerprint density at radius 1 is 0.818 bits per heavy atom. The molecule has 6 heteroatoms. The zero-order valence-corrected chi connectivity index (χ0v) is 26.1. The predicted molar refractivity (Wildman–Crippen MR) is 178 cm³/mol. The molecule has 0 spiro atoms. The van der Waals surface area contributed by atoms with Gasteiger partial charge in [0, 0.05) is 16.1 Å². The van der Waals surface area contributed by atoms with E-state index in [0.717, 1.165) is 36.4 Å². The minimum atomic E-state index is -0.221. The van der Waals surface area contributed by atoms with Gasteiger partial charge in [-0.3, -0.25) is 19.4 Å². The Bertz CT molecular complexity index is 1830. The number of amides is 2. The summed E-state index contributed by atoms with van der Waals surface area (Å²) >= 11 is 1.84. The molecule has 3 heterocycles. The van der Waals surface area contributed by atoms with Crippen molar-refractivity contribution < 1.29 is 14.3 Å². The first-order valence-electron chi connectivity index (χ1n) is 15.5. The molecule has 2 amide bonds. The second-order valence-electron chi connectivity index (χ2n) is 12.0. The van der Waals surface area contributed by atoms with Crippen LogP contribution in [-0.2, 0) is 13.0 Å². The highest BCUT2D eigenvalue weighted by atomic mass is 32.1. The number of carbonyl (C=O) groups excluding carboxylic acids is 2. The Hall–Kier alpha value is -4.26. The van der Waals surface area contributed by atoms with E-state index in [2.05, 4.69) is 79.4 Å². The Balaban J connectivity index is 1.12. The lowest BCUT2D eigenvalue weighted by Crippen LogP contribution is -2.29. The number of hydrogen-bond donors (Lipinski definition) is 0. The van der Waals surface area contributed by atoms with Crippen LogP contribution >= 0.6 is 11.3 Å². The average molecular weight is 601 g/mol. The lowest BCUT2D eigenvalue weighted by atomic mass is 9.96. The molecule has 1 fully saturated rings. The van der Waals surface area contributed by atoms with Gasteiger partial charge in [0.15, 0.2) is 0 Å². The molecule has 5 nitrogen and oxygen atoms in total. The molecule has 0 unspecified atom stereocenters. The first-order chi connectivity index (χ1) is 21.4. The Labute approximate surface area is 262 Å². The highest BCUT2D eigenvalue weighted by molar-refractivity contribution is 7.22. The van der Waals surface area contributed by atoms with E-state index in [1.807, 2.05) is 11.3 Å². The van der Waals surface area contributed by atoms with Crippen LogP contribution in [-0.4, -0.2) is 47.9 Å². The lowest BCUT2D eigenvalue weighted by molar-refractivity contribution is 0.0642. The minimum Gasteiger partial charge on any atom is -0.492 e. The van der Waals surface area contributed by atoms with Gasteiger partial charge in [-0.1, -0.05) is 42.5 Å². The van der Waals surface area contributed by atoms with Gasteiger partial charge in [-0.2, -0.15) is 0 Å². The number of nitrogens with zero attached hydrogens (tertiary/aromatic N) is 2. The molecule has 7 rings (SSSR count). The average Bonchev–Trinajstić information content (AvgIpc) is 3.73. The van der Waals surface area contributed by atoms with E-state index in [-0.39, 0.29) is 18.4 Å². The van der Waals surface area contributed by atoms with Crippen LogP contribution in [0.4, 0.5) is 0 Å². The zero-order chi connectivity index (χ0) is 30.2. The second kappa shape index (κ2) is 12.0. The molecular formula is C38H36N2O3S. The van der Waals surface area contributed by atoms with Gasteiger partial charge in [0.1, 0.15) is 12.4 Å². The summed E-state index contributed by atoms with van der Waals surface area (Å²) in [5, 5.41) is 1.29. The third-order valence-electron chi connectivity index (χ3n) is 8.93. The van der Waals surface area contributed by atoms with Crippen molar-refractivity contribution in [2.75, 3.05) is 26.2 Å². The molecule has 0 aliphatic carbocycles. The van der Waals surface area contributed by atoms with E-state index in [4.69, 9.17) is 4.74 Å². The van der Waals surface area contributed by atoms with Gasteiger partial charge in [0.25, 0.3) is 11.8 Å². The van der Waals surface area contributed by atoms with Crippen molar-refractivity contribution in [2.45, 2.75) is 39.7 Å². The molecule has 0 bridgehead atoms. The van der Waals surface area contributed by atoms with Gasteiger partial charge in [0.05, 0.1) is 17.7 Å². The van der Waals surface area contributed by atoms with Crippen molar-refractivity contribution in [2.24, 2.45) is 0 Å². The van der Waals surface area contributed by atoms with Crippen LogP contribution < -0.4 is 4.74 Å². The van der Waals surface area contributed by atoms with E-state index >= 15 is 0 Å². The maximum Gasteiger partial charge on any atom is 0.261 e. The maximum absolute atomic E-state index is 12.9. The van der Waals surface area contributed by atoms with Gasteiger partial charge in [-0.05, 0) is 127 Å². The molecular weight excluding hydrogens is 564 g/mol. The summed E-state index contributed by atoms with van der Waals surface area (Å²) in [5.74, 6) is 0.472. The van der Waals surface area contributed by atoms with E-state index in [9.17, 15) is 9.59 Å². The number of imide groups is 1. The molecule has 4 aromatic carbocycles. The number of benzene rings is 4. The summed E-state index contributed by atoms with van der Waals surface area (Å²) in [4.78, 5) is 31.0. The quantitative estimate of drug-likeness (QED) is 0.161. The molecule has 5 aromatic rings. The van der Waals surface area contributed by atoms with Crippen molar-refractivity contribution in [1.82, 2.24) is 9.80 Å². The molecule has 2 aliphatic rings. The van der Waals surface area contributed by atoms with Crippen molar-refractivity contribution in [3.05, 3.63) is 124 Å². The van der Waals surface area contributed by atoms with Gasteiger partial charge >= 0.3 is 0 Å². The van der Waals surface area contributed by atoms with Gasteiger partial charge < -0.3 is 4.74 Å². The fourth-order valence-corrected chi connectivity index (χ4v) is 7.79. The Morgan fingerprint density at radius 2 is 1.55 bits per heavy atom. The summed E-state index contributed by atoms with van der Waals surface area (Å²) in [6.07, 6.45) is 3.39. The third-order valence-corrected chi connectivity index (χ3v) is 10.2. The summed E-state index contributed by atoms with van der Waals surface area (Å²) in [7, 11) is 0. The largest absolute Gasteiger partial charge is 0.492 e. The first kappa shape index (κ1) is 28.5. The van der Waals surface area contributed by atoms with Gasteiger partial charge in [0.2, 0.25) is 0 Å². The number of aryl methyl sites for hydroxylation is 2.